The zero-order valence-corrected chi connectivity index (χ0v) is 11.8. The number of para-hydroxylation sites is 3. The summed E-state index contributed by atoms with van der Waals surface area (Å²) >= 11 is 0. The fraction of sp³-hybridized carbons (Fsp3) is 0.125. The Kier molecular flexibility index (Phi) is 3.10. The highest BCUT2D eigenvalue weighted by Gasteiger charge is 2.16. The average molecular weight is 281 g/mol. The van der Waals surface area contributed by atoms with Crippen molar-refractivity contribution >= 4 is 22.7 Å². The summed E-state index contributed by atoms with van der Waals surface area (Å²) in [7, 11) is 3.91. The largest absolute Gasteiger partial charge is 0.478 e. The minimum absolute atomic E-state index is 0.249. The van der Waals surface area contributed by atoms with E-state index in [1.165, 1.54) is 0 Å². The molecule has 2 aromatic carbocycles. The molecular formula is C16H15N3O2. The van der Waals surface area contributed by atoms with Crippen molar-refractivity contribution in [3.63, 3.8) is 0 Å². The molecule has 0 saturated carbocycles. The molecule has 0 aliphatic rings. The van der Waals surface area contributed by atoms with Gasteiger partial charge in [-0.3, -0.25) is 4.57 Å². The van der Waals surface area contributed by atoms with Crippen molar-refractivity contribution in [3.05, 3.63) is 54.4 Å². The summed E-state index contributed by atoms with van der Waals surface area (Å²) in [6.07, 6.45) is 1.67. The predicted octanol–water partition coefficient (Wildman–Crippen LogP) is 2.79. The Morgan fingerprint density at radius 1 is 1.14 bits per heavy atom. The van der Waals surface area contributed by atoms with Gasteiger partial charge < -0.3 is 10.0 Å². The molecule has 3 aromatic rings. The summed E-state index contributed by atoms with van der Waals surface area (Å²) in [5.74, 6) is -0.954. The van der Waals surface area contributed by atoms with E-state index in [4.69, 9.17) is 0 Å². The fourth-order valence-electron chi connectivity index (χ4n) is 2.47. The third-order valence-corrected chi connectivity index (χ3v) is 3.42. The molecular weight excluding hydrogens is 266 g/mol. The van der Waals surface area contributed by atoms with Gasteiger partial charge in [0.1, 0.15) is 6.33 Å². The van der Waals surface area contributed by atoms with Crippen LogP contribution in [0.5, 0.6) is 0 Å². The van der Waals surface area contributed by atoms with E-state index in [-0.39, 0.29) is 5.56 Å². The number of anilines is 1. The number of carbonyl (C=O) groups is 1. The van der Waals surface area contributed by atoms with Crippen LogP contribution in [0.4, 0.5) is 5.69 Å². The van der Waals surface area contributed by atoms with Crippen molar-refractivity contribution in [2.45, 2.75) is 0 Å². The second kappa shape index (κ2) is 4.94. The van der Waals surface area contributed by atoms with Crippen LogP contribution in [0.1, 0.15) is 10.4 Å². The molecule has 1 aromatic heterocycles. The smallest absolute Gasteiger partial charge is 0.337 e. The second-order valence-corrected chi connectivity index (χ2v) is 4.98. The van der Waals surface area contributed by atoms with Gasteiger partial charge in [0, 0.05) is 14.1 Å². The first kappa shape index (κ1) is 13.2. The third kappa shape index (κ3) is 2.12. The van der Waals surface area contributed by atoms with E-state index in [0.717, 1.165) is 11.4 Å². The van der Waals surface area contributed by atoms with Crippen molar-refractivity contribution < 1.29 is 9.90 Å². The lowest BCUT2D eigenvalue weighted by atomic mass is 10.1. The lowest BCUT2D eigenvalue weighted by Crippen LogP contribution is -2.12. The summed E-state index contributed by atoms with van der Waals surface area (Å²) in [5.41, 5.74) is 3.43. The van der Waals surface area contributed by atoms with Crippen LogP contribution < -0.4 is 4.90 Å². The van der Waals surface area contributed by atoms with Crippen LogP contribution in [-0.4, -0.2) is 34.7 Å². The highest BCUT2D eigenvalue weighted by Crippen LogP contribution is 2.27. The number of hydrogen-bond acceptors (Lipinski definition) is 3. The average Bonchev–Trinajstić information content (AvgIpc) is 2.90. The number of imidazole rings is 1. The van der Waals surface area contributed by atoms with E-state index in [9.17, 15) is 9.90 Å². The van der Waals surface area contributed by atoms with Gasteiger partial charge in [0.25, 0.3) is 0 Å². The Morgan fingerprint density at radius 2 is 1.90 bits per heavy atom. The Bertz CT molecular complexity index is 821. The van der Waals surface area contributed by atoms with Crippen molar-refractivity contribution in [3.8, 4) is 5.69 Å². The van der Waals surface area contributed by atoms with Gasteiger partial charge in [-0.1, -0.05) is 18.2 Å². The number of aromatic carboxylic acids is 1. The maximum absolute atomic E-state index is 11.5. The van der Waals surface area contributed by atoms with Gasteiger partial charge in [-0.05, 0) is 24.3 Å². The molecule has 5 nitrogen and oxygen atoms in total. The molecule has 0 bridgehead atoms. The topological polar surface area (TPSA) is 58.4 Å². The molecule has 0 spiro atoms. The quantitative estimate of drug-likeness (QED) is 0.802. The van der Waals surface area contributed by atoms with Crippen LogP contribution >= 0.6 is 0 Å². The summed E-state index contributed by atoms with van der Waals surface area (Å²) in [5, 5.41) is 9.40. The van der Waals surface area contributed by atoms with Crippen molar-refractivity contribution in [2.24, 2.45) is 0 Å². The Balaban J connectivity index is 2.34. The van der Waals surface area contributed by atoms with Crippen molar-refractivity contribution in [1.82, 2.24) is 9.55 Å². The maximum Gasteiger partial charge on any atom is 0.337 e. The molecule has 0 aliphatic carbocycles. The van der Waals surface area contributed by atoms with Gasteiger partial charge in [-0.15, -0.1) is 0 Å². The summed E-state index contributed by atoms with van der Waals surface area (Å²) in [6, 6.07) is 13.0. The highest BCUT2D eigenvalue weighted by molar-refractivity contribution is 6.01. The first-order valence-corrected chi connectivity index (χ1v) is 6.55. The van der Waals surface area contributed by atoms with Crippen LogP contribution in [0, 0.1) is 0 Å². The third-order valence-electron chi connectivity index (χ3n) is 3.42. The molecule has 0 aliphatic heterocycles. The van der Waals surface area contributed by atoms with E-state index in [1.807, 2.05) is 53.9 Å². The Morgan fingerprint density at radius 3 is 2.62 bits per heavy atom. The first-order valence-electron chi connectivity index (χ1n) is 6.55. The van der Waals surface area contributed by atoms with Crippen molar-refractivity contribution in [2.75, 3.05) is 19.0 Å². The SMILES string of the molecule is CN(C)c1ccccc1-n1cnc2cccc(C(=O)O)c21. The summed E-state index contributed by atoms with van der Waals surface area (Å²) < 4.78 is 1.83. The molecule has 1 N–H and O–H groups in total. The van der Waals surface area contributed by atoms with Crippen LogP contribution in [0.25, 0.3) is 16.7 Å². The second-order valence-electron chi connectivity index (χ2n) is 4.98. The van der Waals surface area contributed by atoms with Crippen LogP contribution in [0.15, 0.2) is 48.8 Å². The number of rotatable bonds is 3. The van der Waals surface area contributed by atoms with Gasteiger partial charge in [-0.25, -0.2) is 9.78 Å². The lowest BCUT2D eigenvalue weighted by molar-refractivity contribution is 0.0698. The first-order chi connectivity index (χ1) is 10.1. The van der Waals surface area contributed by atoms with Gasteiger partial charge in [0.05, 0.1) is 28.0 Å². The molecule has 0 unspecified atom stereocenters. The molecule has 21 heavy (non-hydrogen) atoms. The van der Waals surface area contributed by atoms with Gasteiger partial charge in [-0.2, -0.15) is 0 Å². The highest BCUT2D eigenvalue weighted by atomic mass is 16.4. The molecule has 0 amide bonds. The van der Waals surface area contributed by atoms with Crippen LogP contribution in [0.2, 0.25) is 0 Å². The van der Waals surface area contributed by atoms with E-state index < -0.39 is 5.97 Å². The number of carboxylic acids is 1. The van der Waals surface area contributed by atoms with E-state index >= 15 is 0 Å². The Hall–Kier alpha value is -2.82. The monoisotopic (exact) mass is 281 g/mol. The van der Waals surface area contributed by atoms with E-state index in [1.54, 1.807) is 18.5 Å². The zero-order chi connectivity index (χ0) is 15.0. The van der Waals surface area contributed by atoms with Crippen molar-refractivity contribution in [1.29, 1.82) is 0 Å². The minimum Gasteiger partial charge on any atom is -0.478 e. The lowest BCUT2D eigenvalue weighted by Gasteiger charge is -2.18. The minimum atomic E-state index is -0.954. The molecule has 3 rings (SSSR count). The Labute approximate surface area is 122 Å². The molecule has 5 heteroatoms. The van der Waals surface area contributed by atoms with Gasteiger partial charge in [0.15, 0.2) is 0 Å². The molecule has 0 saturated heterocycles. The van der Waals surface area contributed by atoms with Gasteiger partial charge >= 0.3 is 5.97 Å². The van der Waals surface area contributed by atoms with Crippen LogP contribution in [0.3, 0.4) is 0 Å². The molecule has 1 heterocycles. The molecule has 0 fully saturated rings. The fourth-order valence-corrected chi connectivity index (χ4v) is 2.47. The number of fused-ring (bicyclic) bond motifs is 1. The number of benzene rings is 2. The normalized spacial score (nSPS) is 10.8. The molecule has 0 atom stereocenters. The number of nitrogens with zero attached hydrogens (tertiary/aromatic N) is 3. The molecule has 106 valence electrons. The van der Waals surface area contributed by atoms with E-state index in [2.05, 4.69) is 4.98 Å². The van der Waals surface area contributed by atoms with E-state index in [0.29, 0.717) is 11.0 Å². The summed E-state index contributed by atoms with van der Waals surface area (Å²) in [6.45, 7) is 0. The maximum atomic E-state index is 11.5. The standard InChI is InChI=1S/C16H15N3O2/c1-18(2)13-8-3-4-9-14(13)19-10-17-12-7-5-6-11(15(12)19)16(20)21/h3-10H,1-2H3,(H,20,21). The number of hydrogen-bond donors (Lipinski definition) is 1. The van der Waals surface area contributed by atoms with Crippen LogP contribution in [-0.2, 0) is 0 Å². The van der Waals surface area contributed by atoms with Gasteiger partial charge in [0.2, 0.25) is 0 Å². The molecule has 0 radical (unpaired) electrons. The predicted molar refractivity (Wildman–Crippen MR) is 82.4 cm³/mol. The zero-order valence-electron chi connectivity index (χ0n) is 11.8. The summed E-state index contributed by atoms with van der Waals surface area (Å²) in [4.78, 5) is 17.8. The number of aromatic nitrogens is 2. The number of carboxylic acid groups (broad SMARTS) is 1.